The molecule has 1 heterocycles. The highest BCUT2D eigenvalue weighted by Crippen LogP contribution is 2.30. The number of benzene rings is 2. The molecule has 132 valence electrons. The highest BCUT2D eigenvalue weighted by molar-refractivity contribution is 5.98. The summed E-state index contributed by atoms with van der Waals surface area (Å²) in [6, 6.07) is 10.8. The first-order valence-corrected chi connectivity index (χ1v) is 8.79. The van der Waals surface area contributed by atoms with Crippen molar-refractivity contribution in [1.29, 1.82) is 5.26 Å². The Bertz CT molecular complexity index is 938. The molecule has 1 N–H and O–H groups in total. The Hall–Kier alpha value is -2.93. The van der Waals surface area contributed by atoms with Crippen LogP contribution in [0.5, 0.6) is 0 Å². The van der Waals surface area contributed by atoms with Crippen LogP contribution in [-0.4, -0.2) is 12.5 Å². The molecular weight excluding hydrogens is 327 g/mol. The average Bonchev–Trinajstić information content (AvgIpc) is 2.83. The number of hydrogen-bond acceptors (Lipinski definition) is 2. The molecule has 0 aromatic heterocycles. The van der Waals surface area contributed by atoms with E-state index < -0.39 is 0 Å². The molecule has 2 aromatic carbocycles. The van der Waals surface area contributed by atoms with Gasteiger partial charge in [0, 0.05) is 12.1 Å². The van der Waals surface area contributed by atoms with Crippen LogP contribution in [0.2, 0.25) is 0 Å². The molecule has 0 unspecified atom stereocenters. The molecule has 1 aliphatic rings. The van der Waals surface area contributed by atoms with Gasteiger partial charge >= 0.3 is 0 Å². The van der Waals surface area contributed by atoms with Crippen molar-refractivity contribution in [2.24, 2.45) is 0 Å². The second-order valence-electron chi connectivity index (χ2n) is 6.70. The van der Waals surface area contributed by atoms with Crippen LogP contribution in [0.15, 0.2) is 35.9 Å². The normalized spacial score (nSPS) is 16.1. The first-order valence-electron chi connectivity index (χ1n) is 8.79. The molecule has 3 nitrogen and oxygen atoms in total. The second-order valence-corrected chi connectivity index (χ2v) is 6.70. The maximum absolute atomic E-state index is 13.6. The summed E-state index contributed by atoms with van der Waals surface area (Å²) in [6.07, 6.45) is 4.55. The van der Waals surface area contributed by atoms with Gasteiger partial charge in [0.1, 0.15) is 5.82 Å². The van der Waals surface area contributed by atoms with E-state index in [0.717, 1.165) is 47.1 Å². The maximum Gasteiger partial charge on any atom is 0.247 e. The Morgan fingerprint density at radius 2 is 2.00 bits per heavy atom. The maximum atomic E-state index is 13.6. The van der Waals surface area contributed by atoms with Gasteiger partial charge in [0.2, 0.25) is 5.91 Å². The van der Waals surface area contributed by atoms with E-state index in [1.165, 1.54) is 6.07 Å². The van der Waals surface area contributed by atoms with E-state index in [1.807, 2.05) is 19.1 Å². The van der Waals surface area contributed by atoms with Gasteiger partial charge < -0.3 is 5.32 Å². The number of hydrogen-bond donors (Lipinski definition) is 1. The summed E-state index contributed by atoms with van der Waals surface area (Å²) in [5.41, 5.74) is 5.40. The molecule has 1 saturated heterocycles. The van der Waals surface area contributed by atoms with Crippen LogP contribution >= 0.6 is 0 Å². The summed E-state index contributed by atoms with van der Waals surface area (Å²) in [5, 5.41) is 12.3. The van der Waals surface area contributed by atoms with Crippen LogP contribution < -0.4 is 5.32 Å². The lowest BCUT2D eigenvalue weighted by Crippen LogP contribution is -2.23. The monoisotopic (exact) mass is 348 g/mol. The van der Waals surface area contributed by atoms with E-state index in [0.29, 0.717) is 17.7 Å². The summed E-state index contributed by atoms with van der Waals surface area (Å²) in [7, 11) is 0. The zero-order valence-electron chi connectivity index (χ0n) is 15.0. The van der Waals surface area contributed by atoms with Crippen molar-refractivity contribution in [2.75, 3.05) is 6.54 Å². The van der Waals surface area contributed by atoms with Crippen molar-refractivity contribution in [3.63, 3.8) is 0 Å². The fourth-order valence-corrected chi connectivity index (χ4v) is 3.26. The SMILES string of the molecule is Cc1cc(-c2cc(C#N)cc(/C=C3\CCCCNC3=O)c2C)ccc1F. The Morgan fingerprint density at radius 1 is 1.19 bits per heavy atom. The molecule has 0 aliphatic carbocycles. The van der Waals surface area contributed by atoms with Crippen LogP contribution in [0.4, 0.5) is 4.39 Å². The van der Waals surface area contributed by atoms with Gasteiger partial charge in [-0.25, -0.2) is 4.39 Å². The Morgan fingerprint density at radius 3 is 2.73 bits per heavy atom. The standard InChI is InChI=1S/C22H21FN2O/c1-14-9-17(6-7-21(14)23)20-11-16(13-24)10-19(15(20)2)12-18-5-3-4-8-25-22(18)26/h6-7,9-12H,3-5,8H2,1-2H3,(H,25,26)/b18-12+. The predicted octanol–water partition coefficient (Wildman–Crippen LogP) is 4.66. The summed E-state index contributed by atoms with van der Waals surface area (Å²) in [4.78, 5) is 12.2. The summed E-state index contributed by atoms with van der Waals surface area (Å²) < 4.78 is 13.6. The Labute approximate surface area is 153 Å². The molecule has 4 heteroatoms. The number of amides is 1. The van der Waals surface area contributed by atoms with E-state index in [2.05, 4.69) is 11.4 Å². The summed E-state index contributed by atoms with van der Waals surface area (Å²) in [6.45, 7) is 4.39. The van der Waals surface area contributed by atoms with Crippen molar-refractivity contribution in [3.05, 3.63) is 64.0 Å². The van der Waals surface area contributed by atoms with Crippen molar-refractivity contribution >= 4 is 12.0 Å². The van der Waals surface area contributed by atoms with Crippen LogP contribution in [-0.2, 0) is 4.79 Å². The third kappa shape index (κ3) is 3.67. The highest BCUT2D eigenvalue weighted by atomic mass is 19.1. The first-order chi connectivity index (χ1) is 12.5. The van der Waals surface area contributed by atoms with E-state index in [-0.39, 0.29) is 11.7 Å². The third-order valence-corrected chi connectivity index (χ3v) is 4.83. The van der Waals surface area contributed by atoms with E-state index in [1.54, 1.807) is 25.1 Å². The second kappa shape index (κ2) is 7.53. The van der Waals surface area contributed by atoms with Crippen molar-refractivity contribution in [1.82, 2.24) is 5.32 Å². The van der Waals surface area contributed by atoms with Crippen LogP contribution in [0.25, 0.3) is 17.2 Å². The molecule has 0 atom stereocenters. The minimum absolute atomic E-state index is 0.0385. The molecule has 0 bridgehead atoms. The average molecular weight is 348 g/mol. The Balaban J connectivity index is 2.13. The van der Waals surface area contributed by atoms with Crippen molar-refractivity contribution in [2.45, 2.75) is 33.1 Å². The molecule has 0 radical (unpaired) electrons. The summed E-state index contributed by atoms with van der Waals surface area (Å²) in [5.74, 6) is -0.288. The molecule has 1 aliphatic heterocycles. The molecule has 2 aromatic rings. The number of carbonyl (C=O) groups is 1. The highest BCUT2D eigenvalue weighted by Gasteiger charge is 2.15. The predicted molar refractivity (Wildman–Crippen MR) is 101 cm³/mol. The van der Waals surface area contributed by atoms with E-state index in [9.17, 15) is 14.4 Å². The smallest absolute Gasteiger partial charge is 0.247 e. The Kier molecular flexibility index (Phi) is 5.18. The molecular formula is C22H21FN2O. The lowest BCUT2D eigenvalue weighted by atomic mass is 9.92. The molecule has 1 fully saturated rings. The number of nitrogens with one attached hydrogen (secondary N) is 1. The first kappa shape index (κ1) is 17.9. The van der Waals surface area contributed by atoms with Gasteiger partial charge in [0.25, 0.3) is 0 Å². The largest absolute Gasteiger partial charge is 0.352 e. The fraction of sp³-hybridized carbons (Fsp3) is 0.273. The quantitative estimate of drug-likeness (QED) is 0.802. The molecule has 26 heavy (non-hydrogen) atoms. The number of carbonyl (C=O) groups excluding carboxylic acids is 1. The van der Waals surface area contributed by atoms with Gasteiger partial charge in [-0.15, -0.1) is 0 Å². The molecule has 0 spiro atoms. The van der Waals surface area contributed by atoms with Gasteiger partial charge in [-0.1, -0.05) is 6.07 Å². The molecule has 1 amide bonds. The van der Waals surface area contributed by atoms with Gasteiger partial charge in [-0.3, -0.25) is 4.79 Å². The number of nitrogens with zero attached hydrogens (tertiary/aromatic N) is 1. The van der Waals surface area contributed by atoms with Gasteiger partial charge in [-0.2, -0.15) is 5.26 Å². The van der Waals surface area contributed by atoms with Crippen LogP contribution in [0.3, 0.4) is 0 Å². The minimum atomic E-state index is -0.250. The minimum Gasteiger partial charge on any atom is -0.352 e. The van der Waals surface area contributed by atoms with Crippen LogP contribution in [0.1, 0.15) is 41.5 Å². The summed E-state index contributed by atoms with van der Waals surface area (Å²) >= 11 is 0. The van der Waals surface area contributed by atoms with E-state index >= 15 is 0 Å². The third-order valence-electron chi connectivity index (χ3n) is 4.83. The zero-order chi connectivity index (χ0) is 18.7. The van der Waals surface area contributed by atoms with Gasteiger partial charge in [0.05, 0.1) is 11.6 Å². The van der Waals surface area contributed by atoms with Crippen molar-refractivity contribution in [3.8, 4) is 17.2 Å². The number of nitriles is 1. The zero-order valence-corrected chi connectivity index (χ0v) is 15.0. The van der Waals surface area contributed by atoms with E-state index in [4.69, 9.17) is 0 Å². The van der Waals surface area contributed by atoms with Gasteiger partial charge in [-0.05, 0) is 91.3 Å². The number of rotatable bonds is 2. The number of aryl methyl sites for hydroxylation is 1. The fourth-order valence-electron chi connectivity index (χ4n) is 3.26. The lowest BCUT2D eigenvalue weighted by Gasteiger charge is -2.13. The molecule has 0 saturated carbocycles. The number of halogens is 1. The lowest BCUT2D eigenvalue weighted by molar-refractivity contribution is -0.117. The van der Waals surface area contributed by atoms with Crippen LogP contribution in [0, 0.1) is 31.0 Å². The molecule has 3 rings (SSSR count). The topological polar surface area (TPSA) is 52.9 Å². The van der Waals surface area contributed by atoms with Gasteiger partial charge in [0.15, 0.2) is 0 Å². The van der Waals surface area contributed by atoms with Crippen molar-refractivity contribution < 1.29 is 9.18 Å².